The van der Waals surface area contributed by atoms with E-state index in [1.807, 2.05) is 50.2 Å². The van der Waals surface area contributed by atoms with E-state index in [0.717, 1.165) is 24.2 Å². The van der Waals surface area contributed by atoms with E-state index in [1.54, 1.807) is 6.20 Å². The molecule has 1 atom stereocenters. The van der Waals surface area contributed by atoms with E-state index in [1.165, 1.54) is 37.3 Å². The number of halogens is 2. The average molecular weight is 458 g/mol. The van der Waals surface area contributed by atoms with Crippen LogP contribution in [0.25, 0.3) is 0 Å². The lowest BCUT2D eigenvalue weighted by Crippen LogP contribution is -2.32. The highest BCUT2D eigenvalue weighted by atomic mass is 35.5. The minimum absolute atomic E-state index is 0.0818. The zero-order chi connectivity index (χ0) is 23.5. The Bertz CT molecular complexity index is 863. The van der Waals surface area contributed by atoms with Crippen LogP contribution in [0.1, 0.15) is 43.7 Å². The van der Waals surface area contributed by atoms with Gasteiger partial charge in [-0.2, -0.15) is 0 Å². The highest BCUT2D eigenvalue weighted by Gasteiger charge is 2.20. The molecule has 0 heterocycles. The first-order valence-corrected chi connectivity index (χ1v) is 11.7. The summed E-state index contributed by atoms with van der Waals surface area (Å²) < 4.78 is 14.3. The van der Waals surface area contributed by atoms with Crippen molar-refractivity contribution in [2.45, 2.75) is 51.6 Å². The summed E-state index contributed by atoms with van der Waals surface area (Å²) >= 11 is 6.26. The third-order valence-electron chi connectivity index (χ3n) is 6.12. The average Bonchev–Trinajstić information content (AvgIpc) is 3.32. The molecule has 0 amide bonds. The smallest absolute Gasteiger partial charge is 0.148 e. The van der Waals surface area contributed by atoms with Crippen LogP contribution in [0.2, 0.25) is 5.02 Å². The first kappa shape index (κ1) is 26.0. The first-order valence-electron chi connectivity index (χ1n) is 11.3. The fourth-order valence-electron chi connectivity index (χ4n) is 3.92. The van der Waals surface area contributed by atoms with Crippen LogP contribution < -0.4 is 15.5 Å². The second-order valence-electron chi connectivity index (χ2n) is 8.38. The maximum atomic E-state index is 14.3. The predicted molar refractivity (Wildman–Crippen MR) is 137 cm³/mol. The maximum absolute atomic E-state index is 14.3. The number of rotatable bonds is 9. The number of likely N-dealkylation sites (N-methyl/N-ethyl adjacent to an activating group) is 2. The van der Waals surface area contributed by atoms with Gasteiger partial charge in [0.2, 0.25) is 0 Å². The van der Waals surface area contributed by atoms with E-state index in [4.69, 9.17) is 11.6 Å². The second kappa shape index (κ2) is 13.3. The summed E-state index contributed by atoms with van der Waals surface area (Å²) in [6, 6.07) is 13.6. The summed E-state index contributed by atoms with van der Waals surface area (Å²) in [6.07, 6.45) is 7.74. The van der Waals surface area contributed by atoms with Crippen molar-refractivity contribution in [2.24, 2.45) is 5.92 Å². The minimum Gasteiger partial charge on any atom is -0.387 e. The Hall–Kier alpha value is -2.30. The highest BCUT2D eigenvalue weighted by molar-refractivity contribution is 6.31. The lowest BCUT2D eigenvalue weighted by atomic mass is 9.97. The van der Waals surface area contributed by atoms with Crippen molar-refractivity contribution in [3.8, 4) is 0 Å². The summed E-state index contributed by atoms with van der Waals surface area (Å²) in [6.45, 7) is 10.5. The molecule has 1 unspecified atom stereocenters. The molecule has 2 aromatic carbocycles. The Labute approximate surface area is 198 Å². The molecule has 0 aromatic heterocycles. The van der Waals surface area contributed by atoms with Gasteiger partial charge in [-0.1, -0.05) is 80.8 Å². The molecule has 2 aromatic rings. The van der Waals surface area contributed by atoms with Crippen molar-refractivity contribution in [2.75, 3.05) is 19.0 Å². The molecule has 1 saturated carbocycles. The van der Waals surface area contributed by atoms with Gasteiger partial charge in [-0.15, -0.1) is 0 Å². The number of anilines is 1. The molecule has 0 spiro atoms. The van der Waals surface area contributed by atoms with Crippen LogP contribution >= 0.6 is 11.6 Å². The van der Waals surface area contributed by atoms with Crippen LogP contribution in [0.5, 0.6) is 0 Å². The number of hydrogen-bond acceptors (Lipinski definition) is 3. The molecular weight excluding hydrogens is 421 g/mol. The Morgan fingerprint density at radius 1 is 1.25 bits per heavy atom. The topological polar surface area (TPSA) is 27.3 Å². The Morgan fingerprint density at radius 3 is 2.50 bits per heavy atom. The summed E-state index contributed by atoms with van der Waals surface area (Å²) in [5, 5.41) is 6.69. The van der Waals surface area contributed by atoms with Crippen molar-refractivity contribution in [1.82, 2.24) is 10.6 Å². The van der Waals surface area contributed by atoms with E-state index in [0.29, 0.717) is 16.6 Å². The molecule has 3 nitrogen and oxygen atoms in total. The summed E-state index contributed by atoms with van der Waals surface area (Å²) in [4.78, 5) is 1.81. The molecule has 3 rings (SSSR count). The Kier molecular flexibility index (Phi) is 10.8. The molecule has 1 aliphatic rings. The van der Waals surface area contributed by atoms with Gasteiger partial charge in [0.05, 0.1) is 5.69 Å². The fourth-order valence-corrected chi connectivity index (χ4v) is 4.14. The highest BCUT2D eigenvalue weighted by Crippen LogP contribution is 2.34. The van der Waals surface area contributed by atoms with Gasteiger partial charge < -0.3 is 15.5 Å². The molecule has 174 valence electrons. The molecule has 0 saturated heterocycles. The van der Waals surface area contributed by atoms with E-state index >= 15 is 0 Å². The van der Waals surface area contributed by atoms with Gasteiger partial charge in [-0.3, -0.25) is 0 Å². The molecule has 5 heteroatoms. The van der Waals surface area contributed by atoms with Crippen LogP contribution in [0.4, 0.5) is 10.1 Å². The van der Waals surface area contributed by atoms with E-state index in [-0.39, 0.29) is 11.9 Å². The summed E-state index contributed by atoms with van der Waals surface area (Å²) in [5.41, 5.74) is 3.70. The minimum atomic E-state index is -0.299. The quantitative estimate of drug-likeness (QED) is 0.439. The van der Waals surface area contributed by atoms with Gasteiger partial charge >= 0.3 is 0 Å². The van der Waals surface area contributed by atoms with Gasteiger partial charge in [-0.05, 0) is 55.8 Å². The molecule has 1 aliphatic carbocycles. The van der Waals surface area contributed by atoms with Crippen molar-refractivity contribution < 1.29 is 4.39 Å². The largest absolute Gasteiger partial charge is 0.387 e. The third-order valence-corrected chi connectivity index (χ3v) is 6.47. The monoisotopic (exact) mass is 457 g/mol. The zero-order valence-corrected chi connectivity index (χ0v) is 20.4. The van der Waals surface area contributed by atoms with Crippen LogP contribution in [-0.2, 0) is 13.0 Å². The van der Waals surface area contributed by atoms with Crippen LogP contribution in [-0.4, -0.2) is 20.1 Å². The van der Waals surface area contributed by atoms with Crippen LogP contribution in [0.3, 0.4) is 0 Å². The van der Waals surface area contributed by atoms with E-state index in [2.05, 4.69) is 35.9 Å². The van der Waals surface area contributed by atoms with Crippen molar-refractivity contribution in [1.29, 1.82) is 0 Å². The molecule has 1 fully saturated rings. The zero-order valence-electron chi connectivity index (χ0n) is 19.6. The standard InChI is InChI=1S/C18H26ClFN2.C9H11N/c1-12(21-3)13(2)22(4)18-10-15(16(19)11-17(18)20)9-14-7-5-6-8-14;1-2-10-8-9-6-4-3-5-7-9/h10-12,14,21H,2,5-9H2,1,3-4H3;2-7,10H,1,8H2. The normalized spacial score (nSPS) is 14.3. The lowest BCUT2D eigenvalue weighted by molar-refractivity contribution is 0.545. The molecular formula is C27H37ClFN3. The Balaban J connectivity index is 0.000000303. The molecule has 0 aliphatic heterocycles. The van der Waals surface area contributed by atoms with E-state index < -0.39 is 0 Å². The van der Waals surface area contributed by atoms with Crippen LogP contribution in [0, 0.1) is 11.7 Å². The van der Waals surface area contributed by atoms with Gasteiger partial charge in [-0.25, -0.2) is 4.39 Å². The van der Waals surface area contributed by atoms with Gasteiger partial charge in [0.15, 0.2) is 0 Å². The molecule has 32 heavy (non-hydrogen) atoms. The summed E-state index contributed by atoms with van der Waals surface area (Å²) in [7, 11) is 3.72. The second-order valence-corrected chi connectivity index (χ2v) is 8.79. The number of nitrogens with zero attached hydrogens (tertiary/aromatic N) is 1. The van der Waals surface area contributed by atoms with Crippen molar-refractivity contribution >= 4 is 17.3 Å². The first-order chi connectivity index (χ1) is 15.4. The molecule has 0 radical (unpaired) electrons. The third kappa shape index (κ3) is 7.68. The Morgan fingerprint density at radius 2 is 1.91 bits per heavy atom. The lowest BCUT2D eigenvalue weighted by Gasteiger charge is -2.27. The molecule has 0 bridgehead atoms. The van der Waals surface area contributed by atoms with E-state index in [9.17, 15) is 4.39 Å². The van der Waals surface area contributed by atoms with Gasteiger partial charge in [0, 0.05) is 30.4 Å². The predicted octanol–water partition coefficient (Wildman–Crippen LogP) is 6.69. The number of nitrogens with one attached hydrogen (secondary N) is 2. The summed E-state index contributed by atoms with van der Waals surface area (Å²) in [5.74, 6) is 0.382. The van der Waals surface area contributed by atoms with Crippen molar-refractivity contribution in [3.05, 3.63) is 89.5 Å². The SMILES string of the molecule is C=C(C(C)NC)N(C)c1cc(CC2CCCC2)c(Cl)cc1F.C=CNCc1ccccc1. The van der Waals surface area contributed by atoms with Gasteiger partial charge in [0.25, 0.3) is 0 Å². The number of benzene rings is 2. The van der Waals surface area contributed by atoms with Crippen LogP contribution in [0.15, 0.2) is 67.5 Å². The van der Waals surface area contributed by atoms with Crippen molar-refractivity contribution in [3.63, 3.8) is 0 Å². The fraction of sp³-hybridized carbons (Fsp3) is 0.407. The maximum Gasteiger partial charge on any atom is 0.148 e. The van der Waals surface area contributed by atoms with Gasteiger partial charge in [0.1, 0.15) is 5.82 Å². The number of hydrogen-bond donors (Lipinski definition) is 2. The molecule has 2 N–H and O–H groups in total.